The summed E-state index contributed by atoms with van der Waals surface area (Å²) >= 11 is 5.85. The third-order valence-corrected chi connectivity index (χ3v) is 2.17. The van der Waals surface area contributed by atoms with Crippen molar-refractivity contribution in [3.8, 4) is 0 Å². The number of ether oxygens (including phenoxy) is 1. The number of anilines is 2. The minimum Gasteiger partial charge on any atom is -0.397 e. The van der Waals surface area contributed by atoms with E-state index in [0.29, 0.717) is 16.4 Å². The summed E-state index contributed by atoms with van der Waals surface area (Å²) in [6.45, 7) is -1.14. The number of hydrogen-bond acceptors (Lipinski definition) is 3. The van der Waals surface area contributed by atoms with Crippen LogP contribution in [0.15, 0.2) is 18.2 Å². The third kappa shape index (κ3) is 5.14. The molecule has 17 heavy (non-hydrogen) atoms. The lowest BCUT2D eigenvalue weighted by Gasteiger charge is -2.12. The second-order valence-corrected chi connectivity index (χ2v) is 3.71. The fraction of sp³-hybridized carbons (Fsp3) is 0.400. The van der Waals surface area contributed by atoms with Crippen LogP contribution in [0.4, 0.5) is 24.5 Å². The predicted molar refractivity (Wildman–Crippen MR) is 61.2 cm³/mol. The molecule has 1 rings (SSSR count). The van der Waals surface area contributed by atoms with Crippen molar-refractivity contribution in [2.45, 2.75) is 6.18 Å². The maximum atomic E-state index is 11.7. The Morgan fingerprint density at radius 2 is 2.06 bits per heavy atom. The fourth-order valence-corrected chi connectivity index (χ4v) is 1.41. The van der Waals surface area contributed by atoms with E-state index in [1.165, 1.54) is 0 Å². The Balaban J connectivity index is 2.32. The van der Waals surface area contributed by atoms with E-state index < -0.39 is 12.8 Å². The molecule has 96 valence electrons. The molecule has 0 bridgehead atoms. The SMILES string of the molecule is Nc1cccc(Cl)c1NCCOCC(F)(F)F. The maximum absolute atomic E-state index is 11.7. The highest BCUT2D eigenvalue weighted by Crippen LogP contribution is 2.27. The molecular weight excluding hydrogens is 257 g/mol. The molecule has 3 nitrogen and oxygen atoms in total. The third-order valence-electron chi connectivity index (χ3n) is 1.86. The standard InChI is InChI=1S/C10H12ClF3N2O/c11-7-2-1-3-8(15)9(7)16-4-5-17-6-10(12,13)14/h1-3,16H,4-6,15H2. The van der Waals surface area contributed by atoms with Gasteiger partial charge in [0.25, 0.3) is 0 Å². The molecular formula is C10H12ClF3N2O. The number of nitrogens with two attached hydrogens (primary N) is 1. The molecule has 7 heteroatoms. The molecule has 1 aromatic carbocycles. The summed E-state index contributed by atoms with van der Waals surface area (Å²) in [6, 6.07) is 4.96. The number of halogens is 4. The second-order valence-electron chi connectivity index (χ2n) is 3.30. The first-order valence-electron chi connectivity index (χ1n) is 4.82. The molecule has 0 saturated heterocycles. The Morgan fingerprint density at radius 1 is 1.35 bits per heavy atom. The largest absolute Gasteiger partial charge is 0.411 e. The highest BCUT2D eigenvalue weighted by atomic mass is 35.5. The van der Waals surface area contributed by atoms with E-state index in [1.807, 2.05) is 0 Å². The van der Waals surface area contributed by atoms with Crippen LogP contribution >= 0.6 is 11.6 Å². The molecule has 1 aromatic rings. The molecule has 0 atom stereocenters. The van der Waals surface area contributed by atoms with Gasteiger partial charge in [-0.25, -0.2) is 0 Å². The van der Waals surface area contributed by atoms with Crippen molar-refractivity contribution in [2.75, 3.05) is 30.8 Å². The molecule has 0 heterocycles. The monoisotopic (exact) mass is 268 g/mol. The van der Waals surface area contributed by atoms with Gasteiger partial charge in [0.05, 0.1) is 23.0 Å². The lowest BCUT2D eigenvalue weighted by molar-refractivity contribution is -0.172. The normalized spacial score (nSPS) is 11.5. The van der Waals surface area contributed by atoms with Gasteiger partial charge in [0.2, 0.25) is 0 Å². The molecule has 0 aliphatic rings. The van der Waals surface area contributed by atoms with E-state index in [0.717, 1.165) is 0 Å². The smallest absolute Gasteiger partial charge is 0.397 e. The van der Waals surface area contributed by atoms with Crippen LogP contribution in [0.25, 0.3) is 0 Å². The van der Waals surface area contributed by atoms with Gasteiger partial charge < -0.3 is 15.8 Å². The first kappa shape index (κ1) is 13.9. The van der Waals surface area contributed by atoms with Crippen LogP contribution in [0.5, 0.6) is 0 Å². The van der Waals surface area contributed by atoms with Crippen LogP contribution < -0.4 is 11.1 Å². The van der Waals surface area contributed by atoms with E-state index in [2.05, 4.69) is 10.1 Å². The van der Waals surface area contributed by atoms with Gasteiger partial charge in [-0.2, -0.15) is 13.2 Å². The average Bonchev–Trinajstić information content (AvgIpc) is 2.20. The first-order valence-corrected chi connectivity index (χ1v) is 5.20. The quantitative estimate of drug-likeness (QED) is 0.638. The van der Waals surface area contributed by atoms with E-state index in [9.17, 15) is 13.2 Å². The maximum Gasteiger partial charge on any atom is 0.411 e. The van der Waals surface area contributed by atoms with Gasteiger partial charge in [0.15, 0.2) is 0 Å². The molecule has 0 aliphatic heterocycles. The number of hydrogen-bond donors (Lipinski definition) is 2. The van der Waals surface area contributed by atoms with Crippen LogP contribution in [0.3, 0.4) is 0 Å². The van der Waals surface area contributed by atoms with Crippen molar-refractivity contribution < 1.29 is 17.9 Å². The molecule has 0 fully saturated rings. The Hall–Kier alpha value is -1.14. The van der Waals surface area contributed by atoms with E-state index in [-0.39, 0.29) is 13.2 Å². The Kier molecular flexibility index (Phi) is 4.89. The van der Waals surface area contributed by atoms with Crippen LogP contribution in [0.2, 0.25) is 5.02 Å². The highest BCUT2D eigenvalue weighted by Gasteiger charge is 2.27. The van der Waals surface area contributed by atoms with Gasteiger partial charge in [0.1, 0.15) is 6.61 Å². The minimum absolute atomic E-state index is 0.0792. The highest BCUT2D eigenvalue weighted by molar-refractivity contribution is 6.33. The lowest BCUT2D eigenvalue weighted by atomic mass is 10.2. The van der Waals surface area contributed by atoms with Crippen LogP contribution in [0, 0.1) is 0 Å². The molecule has 0 spiro atoms. The van der Waals surface area contributed by atoms with Crippen molar-refractivity contribution in [2.24, 2.45) is 0 Å². The van der Waals surface area contributed by atoms with Crippen LogP contribution in [-0.2, 0) is 4.74 Å². The number of nitrogen functional groups attached to an aromatic ring is 1. The molecule has 0 amide bonds. The number of alkyl halides is 3. The fourth-order valence-electron chi connectivity index (χ4n) is 1.16. The topological polar surface area (TPSA) is 47.3 Å². The van der Waals surface area contributed by atoms with Crippen molar-refractivity contribution >= 4 is 23.0 Å². The number of para-hydroxylation sites is 1. The Morgan fingerprint density at radius 3 is 2.65 bits per heavy atom. The second kappa shape index (κ2) is 5.97. The summed E-state index contributed by atoms with van der Waals surface area (Å²) in [6.07, 6.45) is -4.30. The number of benzene rings is 1. The van der Waals surface area contributed by atoms with Gasteiger partial charge in [-0.15, -0.1) is 0 Å². The molecule has 0 unspecified atom stereocenters. The van der Waals surface area contributed by atoms with E-state index in [1.54, 1.807) is 18.2 Å². The molecule has 0 radical (unpaired) electrons. The summed E-state index contributed by atoms with van der Waals surface area (Å²) in [7, 11) is 0. The lowest BCUT2D eigenvalue weighted by Crippen LogP contribution is -2.20. The van der Waals surface area contributed by atoms with E-state index in [4.69, 9.17) is 17.3 Å². The number of nitrogens with one attached hydrogen (secondary N) is 1. The molecule has 0 aromatic heterocycles. The summed E-state index contributed by atoms with van der Waals surface area (Å²) in [5.41, 5.74) is 6.58. The summed E-state index contributed by atoms with van der Waals surface area (Å²) in [5.74, 6) is 0. The van der Waals surface area contributed by atoms with Crippen LogP contribution in [0.1, 0.15) is 0 Å². The zero-order valence-corrected chi connectivity index (χ0v) is 9.61. The minimum atomic E-state index is -4.30. The average molecular weight is 269 g/mol. The van der Waals surface area contributed by atoms with Crippen molar-refractivity contribution in [1.29, 1.82) is 0 Å². The van der Waals surface area contributed by atoms with E-state index >= 15 is 0 Å². The Bertz CT molecular complexity index is 351. The van der Waals surface area contributed by atoms with Crippen molar-refractivity contribution in [1.82, 2.24) is 0 Å². The van der Waals surface area contributed by atoms with Gasteiger partial charge >= 0.3 is 6.18 Å². The first-order chi connectivity index (χ1) is 7.90. The number of rotatable bonds is 5. The summed E-state index contributed by atoms with van der Waals surface area (Å²) in [4.78, 5) is 0. The van der Waals surface area contributed by atoms with Gasteiger partial charge in [-0.3, -0.25) is 0 Å². The summed E-state index contributed by atoms with van der Waals surface area (Å²) in [5, 5.41) is 3.24. The molecule has 0 aliphatic carbocycles. The molecule has 3 N–H and O–H groups in total. The van der Waals surface area contributed by atoms with Crippen molar-refractivity contribution in [3.63, 3.8) is 0 Å². The van der Waals surface area contributed by atoms with Crippen molar-refractivity contribution in [3.05, 3.63) is 23.2 Å². The predicted octanol–water partition coefficient (Wildman–Crippen LogP) is 2.91. The zero-order chi connectivity index (χ0) is 12.9. The zero-order valence-electron chi connectivity index (χ0n) is 8.85. The molecule has 0 saturated carbocycles. The summed E-state index contributed by atoms with van der Waals surface area (Å²) < 4.78 is 39.7. The Labute approximate surface area is 102 Å². The van der Waals surface area contributed by atoms with Gasteiger partial charge in [-0.05, 0) is 12.1 Å². The van der Waals surface area contributed by atoms with Gasteiger partial charge in [-0.1, -0.05) is 17.7 Å². The van der Waals surface area contributed by atoms with Gasteiger partial charge in [0, 0.05) is 6.54 Å². The van der Waals surface area contributed by atoms with Crippen LogP contribution in [-0.4, -0.2) is 25.9 Å².